The predicted molar refractivity (Wildman–Crippen MR) is 94.3 cm³/mol. The van der Waals surface area contributed by atoms with Gasteiger partial charge in [0, 0.05) is 29.7 Å². The topological polar surface area (TPSA) is 76.7 Å². The van der Waals surface area contributed by atoms with E-state index in [1.165, 1.54) is 26.5 Å². The number of hydrogen-bond donors (Lipinski definition) is 2. The molecule has 0 aliphatic heterocycles. The van der Waals surface area contributed by atoms with Crippen LogP contribution in [-0.2, 0) is 19.3 Å². The van der Waals surface area contributed by atoms with E-state index < -0.39 is 16.1 Å². The van der Waals surface area contributed by atoms with Crippen molar-refractivity contribution in [2.24, 2.45) is 0 Å². The van der Waals surface area contributed by atoms with Gasteiger partial charge in [0.1, 0.15) is 0 Å². The summed E-state index contributed by atoms with van der Waals surface area (Å²) in [7, 11) is -0.202. The largest absolute Gasteiger partial charge is 0.357 e. The minimum Gasteiger partial charge on any atom is -0.357 e. The summed E-state index contributed by atoms with van der Waals surface area (Å²) < 4.78 is 34.1. The molecule has 0 radical (unpaired) electrons. The maximum atomic E-state index is 11.6. The maximum absolute atomic E-state index is 11.6. The second-order valence-corrected chi connectivity index (χ2v) is 7.85. The third-order valence-electron chi connectivity index (χ3n) is 2.51. The summed E-state index contributed by atoms with van der Waals surface area (Å²) in [6.07, 6.45) is 0.757. The zero-order valence-electron chi connectivity index (χ0n) is 11.8. The Morgan fingerprint density at radius 1 is 1.33 bits per heavy atom. The van der Waals surface area contributed by atoms with Crippen molar-refractivity contribution in [3.8, 4) is 0 Å². The van der Waals surface area contributed by atoms with E-state index in [4.69, 9.17) is 21.7 Å². The lowest BCUT2D eigenvalue weighted by molar-refractivity contribution is -0.0964. The van der Waals surface area contributed by atoms with Gasteiger partial charge in [0.15, 0.2) is 21.2 Å². The van der Waals surface area contributed by atoms with E-state index in [9.17, 15) is 8.42 Å². The molecule has 1 aromatic carbocycles. The van der Waals surface area contributed by atoms with E-state index in [-0.39, 0.29) is 4.90 Å². The summed E-state index contributed by atoms with van der Waals surface area (Å²) in [5.41, 5.74) is 0.603. The van der Waals surface area contributed by atoms with Gasteiger partial charge in [-0.05, 0) is 53.0 Å². The summed E-state index contributed by atoms with van der Waals surface area (Å²) >= 11 is 7.20. The Morgan fingerprint density at radius 2 is 1.95 bits per heavy atom. The molecule has 21 heavy (non-hydrogen) atoms. The smallest absolute Gasteiger partial charge is 0.175 e. The van der Waals surface area contributed by atoms with Crippen molar-refractivity contribution in [3.05, 3.63) is 21.8 Å². The van der Waals surface area contributed by atoms with Gasteiger partial charge in [0.25, 0.3) is 0 Å². The van der Waals surface area contributed by atoms with Crippen LogP contribution in [0.5, 0.6) is 0 Å². The highest BCUT2D eigenvalue weighted by atomic mass is 127. The molecule has 9 heteroatoms. The van der Waals surface area contributed by atoms with Gasteiger partial charge in [-0.1, -0.05) is 0 Å². The van der Waals surface area contributed by atoms with Crippen LogP contribution in [0.2, 0.25) is 0 Å². The third kappa shape index (κ3) is 6.43. The molecule has 0 aliphatic carbocycles. The Kier molecular flexibility index (Phi) is 7.27. The van der Waals surface area contributed by atoms with Crippen molar-refractivity contribution < 1.29 is 17.9 Å². The number of anilines is 1. The summed E-state index contributed by atoms with van der Waals surface area (Å²) in [4.78, 5) is 0.242. The normalized spacial score (nSPS) is 11.5. The van der Waals surface area contributed by atoms with Crippen LogP contribution >= 0.6 is 34.8 Å². The van der Waals surface area contributed by atoms with Crippen molar-refractivity contribution in [3.63, 3.8) is 0 Å². The molecule has 0 aliphatic rings. The Balaban J connectivity index is 2.75. The van der Waals surface area contributed by atoms with Gasteiger partial charge < -0.3 is 20.1 Å². The van der Waals surface area contributed by atoms with Gasteiger partial charge in [-0.3, -0.25) is 0 Å². The van der Waals surface area contributed by atoms with Gasteiger partial charge in [0.2, 0.25) is 0 Å². The monoisotopic (exact) mass is 444 g/mol. The fourth-order valence-electron chi connectivity index (χ4n) is 1.46. The third-order valence-corrected chi connectivity index (χ3v) is 4.47. The minimum absolute atomic E-state index is 0.242. The van der Waals surface area contributed by atoms with Gasteiger partial charge in [-0.2, -0.15) is 0 Å². The van der Waals surface area contributed by atoms with Gasteiger partial charge in [-0.15, -0.1) is 0 Å². The number of sulfone groups is 1. The molecule has 118 valence electrons. The number of nitrogens with one attached hydrogen (secondary N) is 2. The molecule has 0 unspecified atom stereocenters. The molecule has 0 saturated carbocycles. The van der Waals surface area contributed by atoms with Gasteiger partial charge >= 0.3 is 0 Å². The Morgan fingerprint density at radius 3 is 2.48 bits per heavy atom. The molecule has 0 spiro atoms. The number of methoxy groups -OCH3 is 2. The van der Waals surface area contributed by atoms with Crippen LogP contribution in [0.25, 0.3) is 0 Å². The average Bonchev–Trinajstić information content (AvgIpc) is 2.38. The SMILES string of the molecule is COC(CNC(=S)Nc1cc(I)cc(S(C)(=O)=O)c1)OC. The molecule has 0 saturated heterocycles. The Bertz CT molecular complexity index is 603. The molecular weight excluding hydrogens is 427 g/mol. The molecular formula is C12H17IN2O4S2. The molecule has 0 fully saturated rings. The first-order valence-electron chi connectivity index (χ1n) is 5.87. The molecule has 0 aromatic heterocycles. The first-order valence-corrected chi connectivity index (χ1v) is 9.25. The Hall–Kier alpha value is -0.490. The van der Waals surface area contributed by atoms with Gasteiger partial charge in [0.05, 0.1) is 11.4 Å². The van der Waals surface area contributed by atoms with Crippen LogP contribution in [-0.4, -0.2) is 46.8 Å². The van der Waals surface area contributed by atoms with E-state index in [1.807, 2.05) is 0 Å². The van der Waals surface area contributed by atoms with E-state index in [0.29, 0.717) is 17.3 Å². The van der Waals surface area contributed by atoms with Crippen LogP contribution in [0.1, 0.15) is 0 Å². The van der Waals surface area contributed by atoms with Crippen molar-refractivity contribution in [1.82, 2.24) is 5.32 Å². The molecule has 0 heterocycles. The molecule has 1 aromatic rings. The molecule has 0 atom stereocenters. The highest BCUT2D eigenvalue weighted by molar-refractivity contribution is 14.1. The molecule has 2 N–H and O–H groups in total. The lowest BCUT2D eigenvalue weighted by atomic mass is 10.3. The highest BCUT2D eigenvalue weighted by Crippen LogP contribution is 2.20. The average molecular weight is 444 g/mol. The molecule has 1 rings (SSSR count). The summed E-state index contributed by atoms with van der Waals surface area (Å²) in [6, 6.07) is 4.94. The van der Waals surface area contributed by atoms with Gasteiger partial charge in [-0.25, -0.2) is 8.42 Å². The number of benzene rings is 1. The number of hydrogen-bond acceptors (Lipinski definition) is 5. The zero-order valence-corrected chi connectivity index (χ0v) is 15.6. The van der Waals surface area contributed by atoms with Crippen LogP contribution in [0.4, 0.5) is 5.69 Å². The number of ether oxygens (including phenoxy) is 2. The molecule has 6 nitrogen and oxygen atoms in total. The number of thiocarbonyl (C=S) groups is 1. The first kappa shape index (κ1) is 18.6. The Labute approximate surface area is 143 Å². The van der Waals surface area contributed by atoms with E-state index in [0.717, 1.165) is 3.57 Å². The summed E-state index contributed by atoms with van der Waals surface area (Å²) in [5.74, 6) is 0. The second kappa shape index (κ2) is 8.22. The van der Waals surface area contributed by atoms with Crippen molar-refractivity contribution in [1.29, 1.82) is 0 Å². The van der Waals surface area contributed by atoms with Crippen LogP contribution < -0.4 is 10.6 Å². The van der Waals surface area contributed by atoms with Crippen molar-refractivity contribution in [2.45, 2.75) is 11.2 Å². The van der Waals surface area contributed by atoms with Crippen LogP contribution in [0.15, 0.2) is 23.1 Å². The fourth-order valence-corrected chi connectivity index (χ4v) is 3.23. The minimum atomic E-state index is -3.27. The first-order chi connectivity index (χ1) is 9.76. The van der Waals surface area contributed by atoms with Crippen molar-refractivity contribution in [2.75, 3.05) is 32.3 Å². The lowest BCUT2D eigenvalue weighted by Crippen LogP contribution is -2.36. The lowest BCUT2D eigenvalue weighted by Gasteiger charge is -2.16. The molecule has 0 amide bonds. The van der Waals surface area contributed by atoms with Crippen LogP contribution in [0, 0.1) is 3.57 Å². The van der Waals surface area contributed by atoms with E-state index in [2.05, 4.69) is 33.2 Å². The van der Waals surface area contributed by atoms with Crippen molar-refractivity contribution >= 4 is 55.4 Å². The quantitative estimate of drug-likeness (QED) is 0.392. The highest BCUT2D eigenvalue weighted by Gasteiger charge is 2.11. The van der Waals surface area contributed by atoms with E-state index >= 15 is 0 Å². The number of halogens is 1. The number of rotatable bonds is 6. The van der Waals surface area contributed by atoms with Crippen LogP contribution in [0.3, 0.4) is 0 Å². The molecule has 0 bridgehead atoms. The second-order valence-electron chi connectivity index (χ2n) is 4.18. The summed E-state index contributed by atoms with van der Waals surface area (Å²) in [5, 5.41) is 6.22. The standard InChI is InChI=1S/C12H17IN2O4S2/c1-18-11(19-2)7-14-12(20)15-9-4-8(13)5-10(6-9)21(3,16)17/h4-6,11H,7H2,1-3H3,(H2,14,15,20). The maximum Gasteiger partial charge on any atom is 0.175 e. The predicted octanol–water partition coefficient (Wildman–Crippen LogP) is 1.60. The zero-order chi connectivity index (χ0) is 16.0. The fraction of sp³-hybridized carbons (Fsp3) is 0.417. The summed E-state index contributed by atoms with van der Waals surface area (Å²) in [6.45, 7) is 0.377. The van der Waals surface area contributed by atoms with E-state index in [1.54, 1.807) is 12.1 Å².